The number of likely N-dealkylation sites (tertiary alicyclic amines) is 2. The molecule has 0 saturated carbocycles. The average Bonchev–Trinajstić information content (AvgIpc) is 3.18. The monoisotopic (exact) mass is 366 g/mol. The van der Waals surface area contributed by atoms with E-state index >= 15 is 0 Å². The van der Waals surface area contributed by atoms with E-state index in [0.29, 0.717) is 30.7 Å². The van der Waals surface area contributed by atoms with Crippen molar-refractivity contribution in [3.05, 3.63) is 71.0 Å². The van der Waals surface area contributed by atoms with Gasteiger partial charge < -0.3 is 4.90 Å². The van der Waals surface area contributed by atoms with E-state index in [-0.39, 0.29) is 11.7 Å². The second kappa shape index (κ2) is 7.43. The second-order valence-corrected chi connectivity index (χ2v) is 8.09. The van der Waals surface area contributed by atoms with E-state index in [0.717, 1.165) is 25.2 Å². The quantitative estimate of drug-likeness (QED) is 0.821. The summed E-state index contributed by atoms with van der Waals surface area (Å²) in [6, 6.07) is 15.5. The Hall–Kier alpha value is -2.20. The first-order chi connectivity index (χ1) is 13.0. The van der Waals surface area contributed by atoms with Crippen molar-refractivity contribution in [3.8, 4) is 0 Å². The lowest BCUT2D eigenvalue weighted by Gasteiger charge is -2.28. The van der Waals surface area contributed by atoms with Crippen LogP contribution >= 0.6 is 0 Å². The van der Waals surface area contributed by atoms with Crippen LogP contribution in [0.2, 0.25) is 0 Å². The molecule has 2 aliphatic heterocycles. The molecule has 3 nitrogen and oxygen atoms in total. The fourth-order valence-electron chi connectivity index (χ4n) is 4.91. The van der Waals surface area contributed by atoms with Crippen molar-refractivity contribution >= 4 is 5.91 Å². The third kappa shape index (κ3) is 3.63. The minimum atomic E-state index is -0.233. The summed E-state index contributed by atoms with van der Waals surface area (Å²) in [5.74, 6) is 1.05. The highest BCUT2D eigenvalue weighted by molar-refractivity contribution is 5.76. The first-order valence-electron chi connectivity index (χ1n) is 9.81. The lowest BCUT2D eigenvalue weighted by atomic mass is 9.88. The molecule has 1 amide bonds. The molecule has 4 heteroatoms. The fraction of sp³-hybridized carbons (Fsp3) is 0.435. The minimum absolute atomic E-state index is 0.222. The highest BCUT2D eigenvalue weighted by Gasteiger charge is 2.47. The van der Waals surface area contributed by atoms with Crippen molar-refractivity contribution in [1.82, 2.24) is 9.80 Å². The highest BCUT2D eigenvalue weighted by atomic mass is 19.1. The Morgan fingerprint density at radius 2 is 1.81 bits per heavy atom. The van der Waals surface area contributed by atoms with Gasteiger partial charge in [-0.15, -0.1) is 0 Å². The van der Waals surface area contributed by atoms with Crippen molar-refractivity contribution in [1.29, 1.82) is 0 Å². The van der Waals surface area contributed by atoms with Crippen molar-refractivity contribution in [3.63, 3.8) is 0 Å². The highest BCUT2D eigenvalue weighted by Crippen LogP contribution is 2.44. The first-order valence-corrected chi connectivity index (χ1v) is 9.81. The number of benzene rings is 2. The van der Waals surface area contributed by atoms with E-state index in [4.69, 9.17) is 0 Å². The van der Waals surface area contributed by atoms with Gasteiger partial charge in [0.2, 0.25) is 5.91 Å². The molecule has 0 aliphatic carbocycles. The maximum atomic E-state index is 13.0. The molecule has 2 heterocycles. The molecule has 27 heavy (non-hydrogen) atoms. The average molecular weight is 366 g/mol. The largest absolute Gasteiger partial charge is 0.342 e. The molecule has 0 N–H and O–H groups in total. The van der Waals surface area contributed by atoms with E-state index in [1.165, 1.54) is 23.3 Å². The molecule has 2 aromatic rings. The summed E-state index contributed by atoms with van der Waals surface area (Å²) in [7, 11) is 2.20. The van der Waals surface area contributed by atoms with Gasteiger partial charge in [-0.25, -0.2) is 4.39 Å². The third-order valence-corrected chi connectivity index (χ3v) is 6.30. The van der Waals surface area contributed by atoms with Crippen LogP contribution in [0.15, 0.2) is 48.5 Å². The smallest absolute Gasteiger partial charge is 0.222 e. The van der Waals surface area contributed by atoms with Crippen LogP contribution in [0.1, 0.15) is 29.2 Å². The molecule has 2 aliphatic rings. The van der Waals surface area contributed by atoms with Gasteiger partial charge in [-0.1, -0.05) is 36.4 Å². The number of hydrogen-bond donors (Lipinski definition) is 0. The Morgan fingerprint density at radius 3 is 2.56 bits per heavy atom. The molecule has 4 rings (SSSR count). The van der Waals surface area contributed by atoms with Gasteiger partial charge in [0.15, 0.2) is 0 Å². The third-order valence-electron chi connectivity index (χ3n) is 6.30. The normalized spacial score (nSPS) is 25.0. The van der Waals surface area contributed by atoms with Crippen LogP contribution in [0, 0.1) is 24.6 Å². The molecular weight excluding hydrogens is 339 g/mol. The molecule has 0 radical (unpaired) electrons. The molecule has 2 saturated heterocycles. The maximum Gasteiger partial charge on any atom is 0.222 e. The molecule has 3 atom stereocenters. The van der Waals surface area contributed by atoms with Crippen LogP contribution in [0.4, 0.5) is 4.39 Å². The van der Waals surface area contributed by atoms with E-state index in [1.807, 2.05) is 0 Å². The molecule has 0 aromatic heterocycles. The summed E-state index contributed by atoms with van der Waals surface area (Å²) < 4.78 is 13.0. The van der Waals surface area contributed by atoms with Gasteiger partial charge >= 0.3 is 0 Å². The number of carbonyl (C=O) groups excluding carboxylic acids is 1. The maximum absolute atomic E-state index is 13.0. The molecule has 2 aromatic carbocycles. The van der Waals surface area contributed by atoms with Crippen LogP contribution in [0.5, 0.6) is 0 Å². The zero-order chi connectivity index (χ0) is 19.0. The van der Waals surface area contributed by atoms with Gasteiger partial charge in [-0.2, -0.15) is 0 Å². The lowest BCUT2D eigenvalue weighted by molar-refractivity contribution is -0.130. The number of carbonyl (C=O) groups is 1. The summed E-state index contributed by atoms with van der Waals surface area (Å²) in [6.07, 6.45) is 1.17. The zero-order valence-corrected chi connectivity index (χ0v) is 16.1. The van der Waals surface area contributed by atoms with Crippen LogP contribution < -0.4 is 0 Å². The number of fused-ring (bicyclic) bond motifs is 1. The molecule has 2 fully saturated rings. The van der Waals surface area contributed by atoms with Crippen molar-refractivity contribution < 1.29 is 9.18 Å². The standard InChI is InChI=1S/C23H27FN2O/c1-16-5-3-4-6-20(16)23-21-15-26(14-18(21)13-25(23)2)22(27)12-9-17-7-10-19(24)11-8-17/h3-8,10-11,18,21,23H,9,12-15H2,1-2H3/t18-,21+,23+/m0/s1. The van der Waals surface area contributed by atoms with Gasteiger partial charge in [0.1, 0.15) is 5.82 Å². The molecule has 0 spiro atoms. The molecule has 0 unspecified atom stereocenters. The Labute approximate surface area is 160 Å². The summed E-state index contributed by atoms with van der Waals surface area (Å²) in [5, 5.41) is 0. The van der Waals surface area contributed by atoms with Gasteiger partial charge in [-0.3, -0.25) is 9.69 Å². The Kier molecular flexibility index (Phi) is 5.00. The van der Waals surface area contributed by atoms with Gasteiger partial charge in [0, 0.05) is 38.0 Å². The summed E-state index contributed by atoms with van der Waals surface area (Å²) >= 11 is 0. The van der Waals surface area contributed by atoms with Crippen LogP contribution in [-0.4, -0.2) is 42.4 Å². The van der Waals surface area contributed by atoms with Gasteiger partial charge in [0.25, 0.3) is 0 Å². The molecule has 0 bridgehead atoms. The number of halogens is 1. The predicted molar refractivity (Wildman–Crippen MR) is 105 cm³/mol. The molecule has 142 valence electrons. The number of rotatable bonds is 4. The summed E-state index contributed by atoms with van der Waals surface area (Å²) in [5.41, 5.74) is 3.74. The number of aryl methyl sites for hydroxylation is 2. The fourth-order valence-corrected chi connectivity index (χ4v) is 4.91. The van der Waals surface area contributed by atoms with Crippen LogP contribution in [0.25, 0.3) is 0 Å². The van der Waals surface area contributed by atoms with E-state index < -0.39 is 0 Å². The Balaban J connectivity index is 1.41. The Morgan fingerprint density at radius 1 is 1.07 bits per heavy atom. The predicted octanol–water partition coefficient (Wildman–Crippen LogP) is 3.83. The second-order valence-electron chi connectivity index (χ2n) is 8.09. The van der Waals surface area contributed by atoms with Crippen molar-refractivity contribution in [2.45, 2.75) is 25.8 Å². The summed E-state index contributed by atoms with van der Waals surface area (Å²) in [6.45, 7) is 4.93. The number of nitrogens with zero attached hydrogens (tertiary/aromatic N) is 2. The van der Waals surface area contributed by atoms with Crippen LogP contribution in [0.3, 0.4) is 0 Å². The van der Waals surface area contributed by atoms with E-state index in [2.05, 4.69) is 48.0 Å². The van der Waals surface area contributed by atoms with E-state index in [9.17, 15) is 9.18 Å². The first kappa shape index (κ1) is 18.2. The zero-order valence-electron chi connectivity index (χ0n) is 16.1. The number of amides is 1. The topological polar surface area (TPSA) is 23.6 Å². The lowest BCUT2D eigenvalue weighted by Crippen LogP contribution is -2.33. The van der Waals surface area contributed by atoms with E-state index in [1.54, 1.807) is 12.1 Å². The van der Waals surface area contributed by atoms with Crippen molar-refractivity contribution in [2.75, 3.05) is 26.7 Å². The number of hydrogen-bond acceptors (Lipinski definition) is 2. The van der Waals surface area contributed by atoms with Crippen LogP contribution in [-0.2, 0) is 11.2 Å². The SMILES string of the molecule is Cc1ccccc1[C@@H]1[C@@H]2CN(C(=O)CCc3ccc(F)cc3)C[C@@H]2CN1C. The van der Waals surface area contributed by atoms with Gasteiger partial charge in [-0.05, 0) is 55.1 Å². The summed E-state index contributed by atoms with van der Waals surface area (Å²) in [4.78, 5) is 17.3. The molecular formula is C23H27FN2O. The Bertz CT molecular complexity index is 819. The van der Waals surface area contributed by atoms with Crippen molar-refractivity contribution in [2.24, 2.45) is 11.8 Å². The minimum Gasteiger partial charge on any atom is -0.342 e. The van der Waals surface area contributed by atoms with Gasteiger partial charge in [0.05, 0.1) is 0 Å².